The summed E-state index contributed by atoms with van der Waals surface area (Å²) in [5, 5.41) is 5.34. The first-order valence-electron chi connectivity index (χ1n) is 4.56. The fourth-order valence-corrected chi connectivity index (χ4v) is 2.26. The molecule has 0 N–H and O–H groups in total. The van der Waals surface area contributed by atoms with Gasteiger partial charge in [0.05, 0.1) is 0 Å². The molecule has 0 nitrogen and oxygen atoms in total. The first-order chi connectivity index (χ1) is 5.95. The van der Waals surface area contributed by atoms with Crippen molar-refractivity contribution in [3.63, 3.8) is 0 Å². The van der Waals surface area contributed by atoms with Crippen LogP contribution >= 0.6 is 11.3 Å². The highest BCUT2D eigenvalue weighted by Gasteiger charge is 2.04. The Balaban J connectivity index is 1.98. The van der Waals surface area contributed by atoms with E-state index in [1.165, 1.54) is 37.7 Å². The standard InChI is InChI=1S/C11H13S/c1-2-4-10(5-3-1)8-11-6-7-12-9-11/h4,6,9H,1-3,5,8H2. The zero-order valence-electron chi connectivity index (χ0n) is 7.18. The van der Waals surface area contributed by atoms with Crippen LogP contribution in [0.15, 0.2) is 23.1 Å². The van der Waals surface area contributed by atoms with Crippen molar-refractivity contribution in [2.24, 2.45) is 0 Å². The highest BCUT2D eigenvalue weighted by atomic mass is 32.1. The number of rotatable bonds is 2. The molecule has 0 bridgehead atoms. The predicted molar refractivity (Wildman–Crippen MR) is 53.4 cm³/mol. The monoisotopic (exact) mass is 177 g/mol. The van der Waals surface area contributed by atoms with Crippen LogP contribution in [0.2, 0.25) is 0 Å². The first-order valence-corrected chi connectivity index (χ1v) is 5.44. The van der Waals surface area contributed by atoms with Crippen molar-refractivity contribution < 1.29 is 0 Å². The summed E-state index contributed by atoms with van der Waals surface area (Å²) in [7, 11) is 0. The third-order valence-corrected chi connectivity index (χ3v) is 3.01. The molecule has 0 aromatic carbocycles. The fraction of sp³-hybridized carbons (Fsp3) is 0.455. The van der Waals surface area contributed by atoms with Crippen molar-refractivity contribution in [3.05, 3.63) is 34.0 Å². The third-order valence-electron chi connectivity index (χ3n) is 2.34. The average Bonchev–Trinajstić information content (AvgIpc) is 2.59. The zero-order chi connectivity index (χ0) is 8.23. The van der Waals surface area contributed by atoms with Crippen LogP contribution in [-0.4, -0.2) is 0 Å². The topological polar surface area (TPSA) is 0 Å². The molecule has 2 rings (SSSR count). The second-order valence-electron chi connectivity index (χ2n) is 3.36. The highest BCUT2D eigenvalue weighted by molar-refractivity contribution is 7.07. The van der Waals surface area contributed by atoms with E-state index in [-0.39, 0.29) is 0 Å². The summed E-state index contributed by atoms with van der Waals surface area (Å²) in [4.78, 5) is 0. The van der Waals surface area contributed by atoms with Crippen LogP contribution in [0.1, 0.15) is 31.2 Å². The van der Waals surface area contributed by atoms with Crippen LogP contribution < -0.4 is 0 Å². The maximum atomic E-state index is 3.13. The van der Waals surface area contributed by atoms with Gasteiger partial charge in [0.2, 0.25) is 0 Å². The summed E-state index contributed by atoms with van der Waals surface area (Å²) in [6.45, 7) is 0. The molecule has 12 heavy (non-hydrogen) atoms. The lowest BCUT2D eigenvalue weighted by Gasteiger charge is -2.11. The van der Waals surface area contributed by atoms with Gasteiger partial charge in [0.1, 0.15) is 0 Å². The smallest absolute Gasteiger partial charge is 0.0445 e. The van der Waals surface area contributed by atoms with Gasteiger partial charge in [-0.15, -0.1) is 11.3 Å². The Morgan fingerprint density at radius 1 is 1.42 bits per heavy atom. The lowest BCUT2D eigenvalue weighted by Crippen LogP contribution is -1.94. The Morgan fingerprint density at radius 2 is 2.42 bits per heavy atom. The van der Waals surface area contributed by atoms with Gasteiger partial charge in [0, 0.05) is 5.38 Å². The summed E-state index contributed by atoms with van der Waals surface area (Å²) < 4.78 is 0. The molecule has 0 unspecified atom stereocenters. The van der Waals surface area contributed by atoms with Crippen LogP contribution in [0.3, 0.4) is 0 Å². The van der Waals surface area contributed by atoms with Crippen molar-refractivity contribution in [2.75, 3.05) is 0 Å². The summed E-state index contributed by atoms with van der Waals surface area (Å²) >= 11 is 1.68. The second-order valence-corrected chi connectivity index (χ2v) is 4.06. The predicted octanol–water partition coefficient (Wildman–Crippen LogP) is 3.59. The minimum absolute atomic E-state index is 1.17. The molecule has 0 spiro atoms. The molecule has 1 radical (unpaired) electrons. The van der Waals surface area contributed by atoms with Crippen molar-refractivity contribution in [3.8, 4) is 0 Å². The largest absolute Gasteiger partial charge is 0.143 e. The van der Waals surface area contributed by atoms with Crippen LogP contribution in [0.4, 0.5) is 0 Å². The summed E-state index contributed by atoms with van der Waals surface area (Å²) in [5.41, 5.74) is 3.07. The molecule has 1 heteroatoms. The number of allylic oxidation sites excluding steroid dienone is 2. The first kappa shape index (κ1) is 8.06. The molecule has 0 aliphatic heterocycles. The molecule has 0 saturated heterocycles. The van der Waals surface area contributed by atoms with E-state index in [9.17, 15) is 0 Å². The minimum Gasteiger partial charge on any atom is -0.143 e. The molecule has 0 saturated carbocycles. The molecule has 1 aromatic rings. The minimum atomic E-state index is 1.17. The summed E-state index contributed by atoms with van der Waals surface area (Å²) in [6.07, 6.45) is 8.97. The molecule has 1 aromatic heterocycles. The van der Waals surface area contributed by atoms with E-state index < -0.39 is 0 Å². The van der Waals surface area contributed by atoms with E-state index in [2.05, 4.69) is 22.9 Å². The lowest BCUT2D eigenvalue weighted by molar-refractivity contribution is 0.689. The molecule has 1 heterocycles. The highest BCUT2D eigenvalue weighted by Crippen LogP contribution is 2.21. The number of hydrogen-bond donors (Lipinski definition) is 0. The maximum Gasteiger partial charge on any atom is 0.0445 e. The van der Waals surface area contributed by atoms with Gasteiger partial charge < -0.3 is 0 Å². The zero-order valence-corrected chi connectivity index (χ0v) is 7.99. The summed E-state index contributed by atoms with van der Waals surface area (Å²) in [5.74, 6) is 0. The van der Waals surface area contributed by atoms with E-state index in [0.29, 0.717) is 0 Å². The Labute approximate surface area is 77.9 Å². The molecular formula is C11H13S. The normalized spacial score (nSPS) is 17.5. The van der Waals surface area contributed by atoms with Crippen LogP contribution in [-0.2, 0) is 6.42 Å². The summed E-state index contributed by atoms with van der Waals surface area (Å²) in [6, 6.07) is 2.11. The van der Waals surface area contributed by atoms with E-state index in [4.69, 9.17) is 0 Å². The Morgan fingerprint density at radius 3 is 3.08 bits per heavy atom. The Hall–Kier alpha value is -0.560. The quantitative estimate of drug-likeness (QED) is 0.606. The molecule has 0 amide bonds. The van der Waals surface area contributed by atoms with Crippen molar-refractivity contribution >= 4 is 11.3 Å². The van der Waals surface area contributed by atoms with Crippen molar-refractivity contribution in [1.29, 1.82) is 0 Å². The van der Waals surface area contributed by atoms with Crippen LogP contribution in [0, 0.1) is 5.38 Å². The molecule has 63 valence electrons. The molecule has 1 aliphatic rings. The van der Waals surface area contributed by atoms with Gasteiger partial charge in [-0.1, -0.05) is 11.6 Å². The second kappa shape index (κ2) is 3.90. The molecular weight excluding hydrogens is 164 g/mol. The van der Waals surface area contributed by atoms with Gasteiger partial charge in [-0.05, 0) is 49.1 Å². The lowest BCUT2D eigenvalue weighted by atomic mass is 9.95. The number of thiophene rings is 1. The Bertz CT molecular complexity index is 257. The van der Waals surface area contributed by atoms with Gasteiger partial charge >= 0.3 is 0 Å². The molecule has 1 aliphatic carbocycles. The maximum absolute atomic E-state index is 3.13. The Kier molecular flexibility index (Phi) is 2.62. The third kappa shape index (κ3) is 1.98. The van der Waals surface area contributed by atoms with Crippen LogP contribution in [0.5, 0.6) is 0 Å². The van der Waals surface area contributed by atoms with Gasteiger partial charge in [-0.2, -0.15) is 0 Å². The van der Waals surface area contributed by atoms with E-state index in [1.54, 1.807) is 16.9 Å². The van der Waals surface area contributed by atoms with Crippen molar-refractivity contribution in [1.82, 2.24) is 0 Å². The number of hydrogen-bond acceptors (Lipinski definition) is 1. The molecule has 0 atom stereocenters. The van der Waals surface area contributed by atoms with Crippen LogP contribution in [0.25, 0.3) is 0 Å². The van der Waals surface area contributed by atoms with Gasteiger partial charge in [-0.3, -0.25) is 0 Å². The fourth-order valence-electron chi connectivity index (χ4n) is 1.67. The van der Waals surface area contributed by atoms with E-state index >= 15 is 0 Å². The van der Waals surface area contributed by atoms with E-state index in [0.717, 1.165) is 0 Å². The van der Waals surface area contributed by atoms with Crippen molar-refractivity contribution in [2.45, 2.75) is 32.1 Å². The SMILES string of the molecule is [c]1cc(CC2=CCCCC2)cs1. The average molecular weight is 177 g/mol. The van der Waals surface area contributed by atoms with Gasteiger partial charge in [0.15, 0.2) is 0 Å². The van der Waals surface area contributed by atoms with E-state index in [1.807, 2.05) is 0 Å². The van der Waals surface area contributed by atoms with Gasteiger partial charge in [0.25, 0.3) is 0 Å². The molecule has 0 fully saturated rings. The van der Waals surface area contributed by atoms with Gasteiger partial charge in [-0.25, -0.2) is 0 Å².